The highest BCUT2D eigenvalue weighted by Gasteiger charge is 2.26. The molecular formula is C13H20N4O. The number of likely N-dealkylation sites (tertiary alicyclic amines) is 1. The van der Waals surface area contributed by atoms with Crippen molar-refractivity contribution in [2.24, 2.45) is 0 Å². The van der Waals surface area contributed by atoms with Gasteiger partial charge in [-0.1, -0.05) is 6.07 Å². The lowest BCUT2D eigenvalue weighted by Gasteiger charge is -2.35. The fourth-order valence-electron chi connectivity index (χ4n) is 2.29. The van der Waals surface area contributed by atoms with Crippen LogP contribution in [0.4, 0.5) is 5.82 Å². The number of likely N-dealkylation sites (N-methyl/N-ethyl adjacent to an activating group) is 1. The number of nitrogens with zero attached hydrogens (tertiary/aromatic N) is 3. The molecule has 1 amide bonds. The summed E-state index contributed by atoms with van der Waals surface area (Å²) < 4.78 is 0. The molecule has 0 bridgehead atoms. The lowest BCUT2D eigenvalue weighted by molar-refractivity contribution is 0.0629. The van der Waals surface area contributed by atoms with Gasteiger partial charge in [0.15, 0.2) is 0 Å². The number of hydrogen-bond donors (Lipinski definition) is 1. The Hall–Kier alpha value is -1.62. The lowest BCUT2D eigenvalue weighted by atomic mass is 10.0. The molecule has 2 rings (SSSR count). The zero-order chi connectivity index (χ0) is 13.1. The number of carbonyl (C=O) groups is 1. The number of nitrogens with two attached hydrogens (primary N) is 1. The monoisotopic (exact) mass is 248 g/mol. The molecule has 2 N–H and O–H groups in total. The normalized spacial score (nSPS) is 20.2. The molecule has 1 unspecified atom stereocenters. The van der Waals surface area contributed by atoms with E-state index in [1.54, 1.807) is 18.2 Å². The smallest absolute Gasteiger partial charge is 0.272 e. The summed E-state index contributed by atoms with van der Waals surface area (Å²) >= 11 is 0. The van der Waals surface area contributed by atoms with Crippen LogP contribution in [-0.2, 0) is 0 Å². The second-order valence-electron chi connectivity index (χ2n) is 4.96. The molecule has 5 heteroatoms. The van der Waals surface area contributed by atoms with Gasteiger partial charge in [-0.25, -0.2) is 4.98 Å². The highest BCUT2D eigenvalue weighted by molar-refractivity contribution is 5.92. The highest BCUT2D eigenvalue weighted by atomic mass is 16.2. The molecule has 1 fully saturated rings. The molecule has 0 spiro atoms. The third-order valence-corrected chi connectivity index (χ3v) is 3.40. The maximum atomic E-state index is 12.3. The van der Waals surface area contributed by atoms with Gasteiger partial charge in [-0.05, 0) is 39.1 Å². The SMILES string of the molecule is CN(C)C1CCCN(C(=O)c2cccc(N)n2)C1. The first-order valence-corrected chi connectivity index (χ1v) is 6.26. The van der Waals surface area contributed by atoms with E-state index in [0.717, 1.165) is 25.9 Å². The first-order chi connectivity index (χ1) is 8.58. The predicted molar refractivity (Wildman–Crippen MR) is 71.3 cm³/mol. The van der Waals surface area contributed by atoms with Crippen LogP contribution < -0.4 is 5.73 Å². The summed E-state index contributed by atoms with van der Waals surface area (Å²) in [4.78, 5) is 20.4. The maximum Gasteiger partial charge on any atom is 0.272 e. The molecule has 98 valence electrons. The molecule has 1 aliphatic heterocycles. The molecule has 0 radical (unpaired) electrons. The minimum atomic E-state index is -0.0196. The molecule has 18 heavy (non-hydrogen) atoms. The Kier molecular flexibility index (Phi) is 3.81. The summed E-state index contributed by atoms with van der Waals surface area (Å²) in [7, 11) is 4.11. The van der Waals surface area contributed by atoms with E-state index in [4.69, 9.17) is 5.73 Å². The molecule has 2 heterocycles. The Morgan fingerprint density at radius 1 is 1.50 bits per heavy atom. The van der Waals surface area contributed by atoms with Crippen LogP contribution in [0.1, 0.15) is 23.3 Å². The maximum absolute atomic E-state index is 12.3. The van der Waals surface area contributed by atoms with Gasteiger partial charge >= 0.3 is 0 Å². The molecule has 1 aliphatic rings. The van der Waals surface area contributed by atoms with Crippen LogP contribution in [0.15, 0.2) is 18.2 Å². The number of piperidine rings is 1. The van der Waals surface area contributed by atoms with Gasteiger partial charge in [0.25, 0.3) is 5.91 Å². The fraction of sp³-hybridized carbons (Fsp3) is 0.538. The summed E-state index contributed by atoms with van der Waals surface area (Å²) in [5, 5.41) is 0. The van der Waals surface area contributed by atoms with Gasteiger partial charge in [-0.3, -0.25) is 4.79 Å². The number of rotatable bonds is 2. The van der Waals surface area contributed by atoms with Gasteiger partial charge in [-0.15, -0.1) is 0 Å². The Bertz CT molecular complexity index is 433. The lowest BCUT2D eigenvalue weighted by Crippen LogP contribution is -2.47. The third-order valence-electron chi connectivity index (χ3n) is 3.40. The molecule has 1 atom stereocenters. The van der Waals surface area contributed by atoms with Crippen LogP contribution in [0.3, 0.4) is 0 Å². The standard InChI is InChI=1S/C13H20N4O/c1-16(2)10-5-4-8-17(9-10)13(18)11-6-3-7-12(14)15-11/h3,6-7,10H,4-5,8-9H2,1-2H3,(H2,14,15). The van der Waals surface area contributed by atoms with Crippen molar-refractivity contribution in [2.45, 2.75) is 18.9 Å². The van der Waals surface area contributed by atoms with E-state index in [-0.39, 0.29) is 5.91 Å². The van der Waals surface area contributed by atoms with Crippen molar-refractivity contribution in [2.75, 3.05) is 32.9 Å². The summed E-state index contributed by atoms with van der Waals surface area (Å²) in [5.41, 5.74) is 6.05. The number of carbonyl (C=O) groups excluding carboxylic acids is 1. The van der Waals surface area contributed by atoms with E-state index in [1.165, 1.54) is 0 Å². The number of amides is 1. The molecule has 0 saturated carbocycles. The number of aromatic nitrogens is 1. The van der Waals surface area contributed by atoms with Gasteiger partial charge in [-0.2, -0.15) is 0 Å². The minimum Gasteiger partial charge on any atom is -0.384 e. The average Bonchev–Trinajstić information content (AvgIpc) is 2.38. The summed E-state index contributed by atoms with van der Waals surface area (Å²) in [6, 6.07) is 5.61. The van der Waals surface area contributed by atoms with Crippen LogP contribution in [-0.4, -0.2) is 53.9 Å². The van der Waals surface area contributed by atoms with Gasteiger partial charge in [0, 0.05) is 19.1 Å². The summed E-state index contributed by atoms with van der Waals surface area (Å²) in [5.74, 6) is 0.371. The van der Waals surface area contributed by atoms with Crippen molar-refractivity contribution in [1.82, 2.24) is 14.8 Å². The van der Waals surface area contributed by atoms with Crippen molar-refractivity contribution in [1.29, 1.82) is 0 Å². The second-order valence-corrected chi connectivity index (χ2v) is 4.96. The van der Waals surface area contributed by atoms with Gasteiger partial charge in [0.05, 0.1) is 0 Å². The van der Waals surface area contributed by atoms with Crippen LogP contribution in [0, 0.1) is 0 Å². The Morgan fingerprint density at radius 3 is 2.94 bits per heavy atom. The van der Waals surface area contributed by atoms with E-state index >= 15 is 0 Å². The van der Waals surface area contributed by atoms with E-state index in [2.05, 4.69) is 24.0 Å². The Morgan fingerprint density at radius 2 is 2.28 bits per heavy atom. The zero-order valence-corrected chi connectivity index (χ0v) is 11.0. The quantitative estimate of drug-likeness (QED) is 0.842. The first kappa shape index (κ1) is 12.8. The number of hydrogen-bond acceptors (Lipinski definition) is 4. The van der Waals surface area contributed by atoms with E-state index < -0.39 is 0 Å². The number of pyridine rings is 1. The topological polar surface area (TPSA) is 62.5 Å². The molecule has 0 aliphatic carbocycles. The van der Waals surface area contributed by atoms with Gasteiger partial charge in [0.1, 0.15) is 11.5 Å². The van der Waals surface area contributed by atoms with E-state index in [9.17, 15) is 4.79 Å². The second kappa shape index (κ2) is 5.35. The molecule has 1 aromatic rings. The number of anilines is 1. The Balaban J connectivity index is 2.09. The molecule has 1 aromatic heterocycles. The van der Waals surface area contributed by atoms with Crippen molar-refractivity contribution in [3.8, 4) is 0 Å². The highest BCUT2D eigenvalue weighted by Crippen LogP contribution is 2.16. The van der Waals surface area contributed by atoms with Crippen LogP contribution in [0.25, 0.3) is 0 Å². The van der Waals surface area contributed by atoms with Crippen molar-refractivity contribution in [3.63, 3.8) is 0 Å². The molecule has 1 saturated heterocycles. The summed E-state index contributed by atoms with van der Waals surface area (Å²) in [6.07, 6.45) is 2.18. The fourth-order valence-corrected chi connectivity index (χ4v) is 2.29. The third kappa shape index (κ3) is 2.79. The largest absolute Gasteiger partial charge is 0.384 e. The van der Waals surface area contributed by atoms with Gasteiger partial charge in [0.2, 0.25) is 0 Å². The van der Waals surface area contributed by atoms with E-state index in [0.29, 0.717) is 17.6 Å². The van der Waals surface area contributed by atoms with Crippen molar-refractivity contribution >= 4 is 11.7 Å². The van der Waals surface area contributed by atoms with E-state index in [1.807, 2.05) is 4.90 Å². The summed E-state index contributed by atoms with van der Waals surface area (Å²) in [6.45, 7) is 1.57. The predicted octanol–water partition coefficient (Wildman–Crippen LogP) is 0.830. The average molecular weight is 248 g/mol. The van der Waals surface area contributed by atoms with Gasteiger partial charge < -0.3 is 15.5 Å². The molecular weight excluding hydrogens is 228 g/mol. The molecule has 0 aromatic carbocycles. The van der Waals surface area contributed by atoms with Crippen LogP contribution in [0.2, 0.25) is 0 Å². The van der Waals surface area contributed by atoms with Crippen LogP contribution in [0.5, 0.6) is 0 Å². The minimum absolute atomic E-state index is 0.0196. The first-order valence-electron chi connectivity index (χ1n) is 6.26. The zero-order valence-electron chi connectivity index (χ0n) is 11.0. The van der Waals surface area contributed by atoms with Crippen LogP contribution >= 0.6 is 0 Å². The number of nitrogen functional groups attached to an aromatic ring is 1. The molecule has 5 nitrogen and oxygen atoms in total. The van der Waals surface area contributed by atoms with Crippen molar-refractivity contribution < 1.29 is 4.79 Å². The Labute approximate surface area is 108 Å². The van der Waals surface area contributed by atoms with Crippen molar-refractivity contribution in [3.05, 3.63) is 23.9 Å².